The van der Waals surface area contributed by atoms with E-state index in [9.17, 15) is 29.0 Å². The Morgan fingerprint density at radius 1 is 1.04 bits per heavy atom. The number of aliphatic carboxylic acids is 2. The van der Waals surface area contributed by atoms with Crippen LogP contribution in [0.15, 0.2) is 30.3 Å². The number of hydrogen-bond donors (Lipinski definition) is 4. The van der Waals surface area contributed by atoms with E-state index in [1.807, 2.05) is 30.3 Å². The molecule has 128 valence electrons. The van der Waals surface area contributed by atoms with Crippen LogP contribution in [-0.2, 0) is 20.6 Å². The first-order valence-electron chi connectivity index (χ1n) is 7.25. The Morgan fingerprint density at radius 2 is 1.65 bits per heavy atom. The molecule has 0 fully saturated rings. The fraction of sp³-hybridized carbons (Fsp3) is 0.467. The summed E-state index contributed by atoms with van der Waals surface area (Å²) in [7, 11) is -4.64. The number of carbonyl (C=O) groups is 2. The molecule has 1 aromatic rings. The SMILES string of the molecule is O=C(O)CCC(C(=O)O)C(CCCc1ccccc1)P(=O)(O)O. The molecule has 2 atom stereocenters. The Morgan fingerprint density at radius 3 is 2.13 bits per heavy atom. The molecule has 0 aliphatic rings. The Labute approximate surface area is 134 Å². The van der Waals surface area contributed by atoms with Crippen molar-refractivity contribution in [3.8, 4) is 0 Å². The van der Waals surface area contributed by atoms with Crippen LogP contribution in [0, 0.1) is 5.92 Å². The number of carboxylic acid groups (broad SMARTS) is 2. The maximum Gasteiger partial charge on any atom is 0.329 e. The van der Waals surface area contributed by atoms with Crippen molar-refractivity contribution in [2.24, 2.45) is 5.92 Å². The minimum Gasteiger partial charge on any atom is -0.481 e. The summed E-state index contributed by atoms with van der Waals surface area (Å²) in [6, 6.07) is 9.32. The van der Waals surface area contributed by atoms with E-state index in [4.69, 9.17) is 5.11 Å². The highest BCUT2D eigenvalue weighted by Crippen LogP contribution is 2.48. The summed E-state index contributed by atoms with van der Waals surface area (Å²) >= 11 is 0. The lowest BCUT2D eigenvalue weighted by atomic mass is 9.94. The van der Waals surface area contributed by atoms with Gasteiger partial charge in [-0.2, -0.15) is 0 Å². The van der Waals surface area contributed by atoms with Gasteiger partial charge in [0.25, 0.3) is 0 Å². The summed E-state index contributed by atoms with van der Waals surface area (Å²) < 4.78 is 11.6. The summed E-state index contributed by atoms with van der Waals surface area (Å²) in [4.78, 5) is 40.8. The van der Waals surface area contributed by atoms with Crippen LogP contribution in [0.1, 0.15) is 31.2 Å². The highest BCUT2D eigenvalue weighted by atomic mass is 31.2. The van der Waals surface area contributed by atoms with Gasteiger partial charge in [0, 0.05) is 6.42 Å². The van der Waals surface area contributed by atoms with E-state index in [-0.39, 0.29) is 12.8 Å². The Bertz CT molecular complexity index is 566. The van der Waals surface area contributed by atoms with Gasteiger partial charge in [0.1, 0.15) is 0 Å². The van der Waals surface area contributed by atoms with Crippen molar-refractivity contribution in [1.29, 1.82) is 0 Å². The predicted molar refractivity (Wildman–Crippen MR) is 83.2 cm³/mol. The number of carboxylic acids is 2. The Kier molecular flexibility index (Phi) is 7.42. The number of benzene rings is 1. The normalized spacial score (nSPS) is 14.2. The lowest BCUT2D eigenvalue weighted by molar-refractivity contribution is -0.143. The molecular formula is C15H21O7P. The van der Waals surface area contributed by atoms with E-state index in [0.29, 0.717) is 12.8 Å². The maximum absolute atomic E-state index is 11.6. The molecule has 0 spiro atoms. The fourth-order valence-electron chi connectivity index (χ4n) is 2.52. The number of aryl methyl sites for hydroxylation is 1. The van der Waals surface area contributed by atoms with Crippen LogP contribution in [0.3, 0.4) is 0 Å². The molecule has 1 aromatic carbocycles. The van der Waals surface area contributed by atoms with Crippen LogP contribution in [0.4, 0.5) is 0 Å². The third-order valence-corrected chi connectivity index (χ3v) is 5.17. The van der Waals surface area contributed by atoms with Gasteiger partial charge >= 0.3 is 19.5 Å². The van der Waals surface area contributed by atoms with Crippen LogP contribution < -0.4 is 0 Å². The Hall–Kier alpha value is -1.69. The van der Waals surface area contributed by atoms with E-state index in [2.05, 4.69) is 0 Å². The smallest absolute Gasteiger partial charge is 0.329 e. The summed E-state index contributed by atoms with van der Waals surface area (Å²) in [5.41, 5.74) is -0.377. The fourth-order valence-corrected chi connectivity index (χ4v) is 3.79. The van der Waals surface area contributed by atoms with Crippen molar-refractivity contribution in [2.75, 3.05) is 0 Å². The molecule has 4 N–H and O–H groups in total. The molecule has 0 saturated carbocycles. The van der Waals surface area contributed by atoms with Crippen molar-refractivity contribution >= 4 is 19.5 Å². The third kappa shape index (κ3) is 6.95. The van der Waals surface area contributed by atoms with Gasteiger partial charge in [-0.15, -0.1) is 0 Å². The minimum atomic E-state index is -4.64. The topological polar surface area (TPSA) is 132 Å². The average Bonchev–Trinajstić information content (AvgIpc) is 2.45. The lowest BCUT2D eigenvalue weighted by Crippen LogP contribution is -2.29. The van der Waals surface area contributed by atoms with E-state index >= 15 is 0 Å². The van der Waals surface area contributed by atoms with E-state index in [1.54, 1.807) is 0 Å². The molecule has 8 heteroatoms. The largest absolute Gasteiger partial charge is 0.481 e. The maximum atomic E-state index is 11.6. The van der Waals surface area contributed by atoms with Gasteiger partial charge in [0.2, 0.25) is 0 Å². The molecule has 0 bridgehead atoms. The first-order valence-corrected chi connectivity index (χ1v) is 8.93. The van der Waals surface area contributed by atoms with Gasteiger partial charge < -0.3 is 20.0 Å². The van der Waals surface area contributed by atoms with Gasteiger partial charge in [-0.05, 0) is 31.2 Å². The van der Waals surface area contributed by atoms with Crippen LogP contribution in [0.25, 0.3) is 0 Å². The number of hydrogen-bond acceptors (Lipinski definition) is 3. The van der Waals surface area contributed by atoms with Gasteiger partial charge in [0.05, 0.1) is 11.6 Å². The zero-order valence-electron chi connectivity index (χ0n) is 12.5. The quantitative estimate of drug-likeness (QED) is 0.478. The summed E-state index contributed by atoms with van der Waals surface area (Å²) in [5, 5.41) is 17.9. The van der Waals surface area contributed by atoms with Crippen molar-refractivity contribution in [3.05, 3.63) is 35.9 Å². The molecule has 2 unspecified atom stereocenters. The Balaban J connectivity index is 2.75. The molecule has 0 radical (unpaired) electrons. The van der Waals surface area contributed by atoms with Gasteiger partial charge in [-0.25, -0.2) is 0 Å². The molecule has 23 heavy (non-hydrogen) atoms. The highest BCUT2D eigenvalue weighted by molar-refractivity contribution is 7.52. The molecule has 0 saturated heterocycles. The molecular weight excluding hydrogens is 323 g/mol. The second kappa shape index (κ2) is 8.82. The third-order valence-electron chi connectivity index (χ3n) is 3.69. The van der Waals surface area contributed by atoms with Crippen LogP contribution in [0.5, 0.6) is 0 Å². The molecule has 0 amide bonds. The van der Waals surface area contributed by atoms with Crippen LogP contribution >= 0.6 is 7.60 Å². The van der Waals surface area contributed by atoms with Crippen molar-refractivity contribution in [1.82, 2.24) is 0 Å². The molecule has 0 heterocycles. The first-order chi connectivity index (χ1) is 10.7. The molecule has 7 nitrogen and oxygen atoms in total. The number of rotatable bonds is 10. The van der Waals surface area contributed by atoms with Gasteiger partial charge in [0.15, 0.2) is 0 Å². The van der Waals surface area contributed by atoms with E-state index in [0.717, 1.165) is 5.56 Å². The molecule has 0 aliphatic heterocycles. The zero-order valence-corrected chi connectivity index (χ0v) is 13.4. The second-order valence-electron chi connectivity index (χ2n) is 5.41. The standard InChI is InChI=1S/C15H21O7P/c16-14(17)10-9-12(15(18)19)13(23(20,21)22)8-4-7-11-5-2-1-3-6-11/h1-3,5-6,12-13H,4,7-10H2,(H,16,17)(H,18,19)(H2,20,21,22). The van der Waals surface area contributed by atoms with Crippen LogP contribution in [-0.4, -0.2) is 37.6 Å². The molecule has 1 rings (SSSR count). The van der Waals surface area contributed by atoms with Crippen molar-refractivity contribution in [2.45, 2.75) is 37.8 Å². The highest BCUT2D eigenvalue weighted by Gasteiger charge is 2.39. The molecule has 0 aliphatic carbocycles. The summed E-state index contributed by atoms with van der Waals surface area (Å²) in [6.07, 6.45) is 0.271. The summed E-state index contributed by atoms with van der Waals surface area (Å²) in [6.45, 7) is 0. The monoisotopic (exact) mass is 344 g/mol. The first kappa shape index (κ1) is 19.4. The minimum absolute atomic E-state index is 0.0236. The van der Waals surface area contributed by atoms with E-state index in [1.165, 1.54) is 0 Å². The van der Waals surface area contributed by atoms with E-state index < -0.39 is 37.5 Å². The van der Waals surface area contributed by atoms with Crippen molar-refractivity contribution in [3.63, 3.8) is 0 Å². The predicted octanol–water partition coefficient (Wildman–Crippen LogP) is 2.12. The summed E-state index contributed by atoms with van der Waals surface area (Å²) in [5.74, 6) is -3.94. The van der Waals surface area contributed by atoms with Gasteiger partial charge in [-0.1, -0.05) is 30.3 Å². The zero-order chi connectivity index (χ0) is 17.5. The van der Waals surface area contributed by atoms with Crippen molar-refractivity contribution < 1.29 is 34.2 Å². The molecule has 0 aromatic heterocycles. The van der Waals surface area contributed by atoms with Gasteiger partial charge in [-0.3, -0.25) is 14.2 Å². The lowest BCUT2D eigenvalue weighted by Gasteiger charge is -2.24. The second-order valence-corrected chi connectivity index (χ2v) is 7.25. The average molecular weight is 344 g/mol. The van der Waals surface area contributed by atoms with Crippen LogP contribution in [0.2, 0.25) is 0 Å².